The molecule has 0 atom stereocenters. The molecule has 4 aromatic heterocycles. The van der Waals surface area contributed by atoms with Crippen LogP contribution in [0.3, 0.4) is 0 Å². The van der Waals surface area contributed by atoms with Gasteiger partial charge in [0, 0.05) is 61.1 Å². The van der Waals surface area contributed by atoms with Crippen molar-refractivity contribution < 1.29 is 0 Å². The van der Waals surface area contributed by atoms with Gasteiger partial charge in [-0.15, -0.1) is 0 Å². The molecule has 6 nitrogen and oxygen atoms in total. The van der Waals surface area contributed by atoms with E-state index < -0.39 is 0 Å². The Morgan fingerprint density at radius 1 is 0.269 bits per heavy atom. The molecule has 0 N–H and O–H groups in total. The zero-order valence-corrected chi connectivity index (χ0v) is 43.8. The zero-order chi connectivity index (χ0) is 52.4. The number of nitrogens with zero attached hydrogens (tertiary/aromatic N) is 6. The first-order valence-electron chi connectivity index (χ1n) is 26.6. The third-order valence-electron chi connectivity index (χ3n) is 15.1. The predicted octanol–water partition coefficient (Wildman–Crippen LogP) is 18.4. The normalized spacial score (nSPS) is 11.6. The number of para-hydroxylation sites is 2. The van der Waals surface area contributed by atoms with Gasteiger partial charge in [-0.05, 0) is 111 Å². The first kappa shape index (κ1) is 46.5. The highest BCUT2D eigenvalue weighted by Crippen LogP contribution is 2.44. The van der Waals surface area contributed by atoms with Gasteiger partial charge in [0.05, 0.1) is 39.1 Å². The largest absolute Gasteiger partial charge is 0.309 e. The highest BCUT2D eigenvalue weighted by atomic mass is 15.0. The Labute approximate surface area is 453 Å². The van der Waals surface area contributed by atoms with Crippen LogP contribution in [0.2, 0.25) is 0 Å². The van der Waals surface area contributed by atoms with Crippen LogP contribution in [0.1, 0.15) is 22.3 Å². The van der Waals surface area contributed by atoms with E-state index in [2.05, 4.69) is 231 Å². The topological polar surface area (TPSA) is 61.4 Å². The fourth-order valence-corrected chi connectivity index (χ4v) is 11.8. The van der Waals surface area contributed by atoms with Gasteiger partial charge in [-0.3, -0.25) is 4.98 Å². The maximum absolute atomic E-state index is 5.28. The van der Waals surface area contributed by atoms with Crippen LogP contribution in [0.15, 0.2) is 243 Å². The molecular formula is C72H52N6. The van der Waals surface area contributed by atoms with E-state index in [0.717, 1.165) is 72.5 Å². The van der Waals surface area contributed by atoms with Crippen molar-refractivity contribution in [2.24, 2.45) is 0 Å². The van der Waals surface area contributed by atoms with Crippen LogP contribution in [0.25, 0.3) is 134 Å². The van der Waals surface area contributed by atoms with Gasteiger partial charge < -0.3 is 9.13 Å². The van der Waals surface area contributed by atoms with E-state index in [1.54, 1.807) is 0 Å². The van der Waals surface area contributed by atoms with Crippen molar-refractivity contribution in [3.8, 4) is 90.2 Å². The van der Waals surface area contributed by atoms with Crippen LogP contribution in [-0.4, -0.2) is 29.1 Å². The maximum Gasteiger partial charge on any atom is 0.164 e. The molecule has 0 spiro atoms. The van der Waals surface area contributed by atoms with Crippen LogP contribution in [0.5, 0.6) is 0 Å². The number of pyridine rings is 1. The quantitative estimate of drug-likeness (QED) is 0.145. The molecule has 0 aliphatic heterocycles. The Morgan fingerprint density at radius 2 is 0.667 bits per heavy atom. The summed E-state index contributed by atoms with van der Waals surface area (Å²) in [6.07, 6.45) is 1.87. The van der Waals surface area contributed by atoms with Crippen LogP contribution in [0, 0.1) is 27.7 Å². The van der Waals surface area contributed by atoms with Crippen LogP contribution in [0.4, 0.5) is 0 Å². The minimum atomic E-state index is 0.584. The second-order valence-electron chi connectivity index (χ2n) is 20.6. The molecule has 0 saturated carbocycles. The molecule has 14 aromatic rings. The Hall–Kier alpha value is -10.0. The summed E-state index contributed by atoms with van der Waals surface area (Å²) in [7, 11) is 0. The molecule has 10 aromatic carbocycles. The summed E-state index contributed by atoms with van der Waals surface area (Å²) in [6, 6.07) is 85.2. The molecule has 0 bridgehead atoms. The van der Waals surface area contributed by atoms with Crippen LogP contribution >= 0.6 is 0 Å². The third kappa shape index (κ3) is 8.22. The molecule has 0 fully saturated rings. The van der Waals surface area contributed by atoms with Crippen molar-refractivity contribution in [3.63, 3.8) is 0 Å². The lowest BCUT2D eigenvalue weighted by Gasteiger charge is -2.20. The summed E-state index contributed by atoms with van der Waals surface area (Å²) in [4.78, 5) is 20.5. The van der Waals surface area contributed by atoms with Gasteiger partial charge in [0.25, 0.3) is 0 Å². The fourth-order valence-electron chi connectivity index (χ4n) is 11.8. The summed E-state index contributed by atoms with van der Waals surface area (Å²) in [5.74, 6) is 1.81. The van der Waals surface area contributed by atoms with Crippen LogP contribution < -0.4 is 0 Å². The van der Waals surface area contributed by atoms with Gasteiger partial charge in [-0.1, -0.05) is 198 Å². The van der Waals surface area contributed by atoms with Crippen molar-refractivity contribution in [3.05, 3.63) is 265 Å². The summed E-state index contributed by atoms with van der Waals surface area (Å²) in [5.41, 5.74) is 22.9. The number of benzene rings is 10. The van der Waals surface area contributed by atoms with E-state index in [1.807, 2.05) is 48.7 Å². The van der Waals surface area contributed by atoms with E-state index in [0.29, 0.717) is 17.5 Å². The molecule has 0 aliphatic rings. The lowest BCUT2D eigenvalue weighted by atomic mass is 9.96. The number of rotatable bonds is 9. The number of hydrogen-bond acceptors (Lipinski definition) is 4. The molecule has 0 saturated heterocycles. The maximum atomic E-state index is 5.28. The molecular weight excluding hydrogens is 949 g/mol. The van der Waals surface area contributed by atoms with Crippen molar-refractivity contribution in [1.29, 1.82) is 0 Å². The van der Waals surface area contributed by atoms with E-state index in [-0.39, 0.29) is 0 Å². The van der Waals surface area contributed by atoms with Crippen molar-refractivity contribution in [2.75, 3.05) is 0 Å². The molecule has 6 heteroatoms. The number of aromatic nitrogens is 6. The first-order valence-corrected chi connectivity index (χ1v) is 26.6. The SMILES string of the molecule is Cc1cc(C)cc(-c2ccc3c(c2)c2ccccc2n3-c2cc(-c3ccccn3)ccc2-c2ccc(-c3nc(-c4ccccc4)nc(-c4ccccc4)n3)cc2-n2c3ccccc3c3cc(-c4cc(C)cc(C)c4)ccc32)c1. The lowest BCUT2D eigenvalue weighted by Crippen LogP contribution is -2.04. The first-order chi connectivity index (χ1) is 38.3. The average molecular weight is 1000 g/mol. The summed E-state index contributed by atoms with van der Waals surface area (Å²) >= 11 is 0. The smallest absolute Gasteiger partial charge is 0.164 e. The third-order valence-corrected chi connectivity index (χ3v) is 15.1. The zero-order valence-electron chi connectivity index (χ0n) is 43.8. The fraction of sp³-hybridized carbons (Fsp3) is 0.0556. The van der Waals surface area contributed by atoms with Gasteiger partial charge in [0.2, 0.25) is 0 Å². The van der Waals surface area contributed by atoms with E-state index in [9.17, 15) is 0 Å². The Bertz CT molecular complexity index is 4550. The molecule has 14 rings (SSSR count). The standard InChI is InChI=1S/C72H52N6/c1-45-35-46(2)38-55(37-45)51-28-32-66-61(41-51)57-21-11-13-24-64(57)77(66)68-43-53(63-23-15-16-34-73-63)26-30-59(68)60-31-27-54(72-75-70(49-17-7-5-8-18-49)74-71(76-72)50-19-9-6-10-20-50)44-69(60)78-65-25-14-12-22-58(65)62-42-52(29-33-67(62)78)56-39-47(3)36-48(4)40-56/h5-44H,1-4H3. The van der Waals surface area contributed by atoms with Crippen molar-refractivity contribution >= 4 is 43.6 Å². The Kier molecular flexibility index (Phi) is 11.3. The summed E-state index contributed by atoms with van der Waals surface area (Å²) in [6.45, 7) is 8.70. The predicted molar refractivity (Wildman–Crippen MR) is 323 cm³/mol. The summed E-state index contributed by atoms with van der Waals surface area (Å²) < 4.78 is 4.91. The molecule has 0 amide bonds. The molecule has 370 valence electrons. The Morgan fingerprint density at radius 3 is 1.14 bits per heavy atom. The van der Waals surface area contributed by atoms with Gasteiger partial charge in [-0.2, -0.15) is 0 Å². The van der Waals surface area contributed by atoms with E-state index in [4.69, 9.17) is 19.9 Å². The molecule has 0 radical (unpaired) electrons. The van der Waals surface area contributed by atoms with Gasteiger partial charge >= 0.3 is 0 Å². The lowest BCUT2D eigenvalue weighted by molar-refractivity contribution is 1.07. The van der Waals surface area contributed by atoms with Gasteiger partial charge in [-0.25, -0.2) is 15.0 Å². The minimum absolute atomic E-state index is 0.584. The van der Waals surface area contributed by atoms with Gasteiger partial charge in [0.15, 0.2) is 17.5 Å². The second-order valence-corrected chi connectivity index (χ2v) is 20.6. The molecule has 4 heterocycles. The van der Waals surface area contributed by atoms with Crippen molar-refractivity contribution in [2.45, 2.75) is 27.7 Å². The molecule has 0 aliphatic carbocycles. The van der Waals surface area contributed by atoms with Crippen molar-refractivity contribution in [1.82, 2.24) is 29.1 Å². The van der Waals surface area contributed by atoms with Crippen LogP contribution in [-0.2, 0) is 0 Å². The number of aryl methyl sites for hydroxylation is 4. The second kappa shape index (κ2) is 19.0. The highest BCUT2D eigenvalue weighted by molar-refractivity contribution is 6.13. The highest BCUT2D eigenvalue weighted by Gasteiger charge is 2.24. The minimum Gasteiger partial charge on any atom is -0.309 e. The summed E-state index contributed by atoms with van der Waals surface area (Å²) in [5, 5.41) is 4.71. The van der Waals surface area contributed by atoms with Gasteiger partial charge in [0.1, 0.15) is 0 Å². The Balaban J connectivity index is 1.07. The molecule has 78 heavy (non-hydrogen) atoms. The monoisotopic (exact) mass is 1000 g/mol. The molecule has 0 unspecified atom stereocenters. The van der Waals surface area contributed by atoms with E-state index >= 15 is 0 Å². The average Bonchev–Trinajstić information content (AvgIpc) is 4.01. The number of hydrogen-bond donors (Lipinski definition) is 0. The van der Waals surface area contributed by atoms with E-state index in [1.165, 1.54) is 66.1 Å². The number of fused-ring (bicyclic) bond motifs is 6.